The summed E-state index contributed by atoms with van der Waals surface area (Å²) in [7, 11) is 6.91. The summed E-state index contributed by atoms with van der Waals surface area (Å²) in [6.45, 7) is 1.31. The maximum absolute atomic E-state index is 5.32. The highest BCUT2D eigenvalue weighted by Crippen LogP contribution is 2.27. The number of hydrogen-bond donors (Lipinski definition) is 2. The molecule has 138 valence electrons. The van der Waals surface area contributed by atoms with E-state index in [0.29, 0.717) is 6.54 Å². The number of aryl methyl sites for hydroxylation is 1. The molecule has 0 atom stereocenters. The minimum Gasteiger partial charge on any atom is -0.493 e. The van der Waals surface area contributed by atoms with Gasteiger partial charge in [-0.2, -0.15) is 0 Å². The highest BCUT2D eigenvalue weighted by atomic mass is 127. The summed E-state index contributed by atoms with van der Waals surface area (Å²) in [5.74, 6) is 3.03. The third-order valence-electron chi connectivity index (χ3n) is 3.60. The molecule has 0 unspecified atom stereocenters. The van der Waals surface area contributed by atoms with Gasteiger partial charge in [0.15, 0.2) is 23.3 Å². The van der Waals surface area contributed by atoms with Crippen LogP contribution in [0.25, 0.3) is 0 Å². The van der Waals surface area contributed by atoms with Crippen molar-refractivity contribution in [3.05, 3.63) is 35.9 Å². The van der Waals surface area contributed by atoms with Gasteiger partial charge in [0.25, 0.3) is 0 Å². The molecule has 0 radical (unpaired) electrons. The zero-order chi connectivity index (χ0) is 17.4. The number of methoxy groups -OCH3 is 2. The van der Waals surface area contributed by atoms with Crippen molar-refractivity contribution in [1.82, 2.24) is 25.4 Å². The van der Waals surface area contributed by atoms with Crippen molar-refractivity contribution in [2.24, 2.45) is 12.0 Å². The highest BCUT2D eigenvalue weighted by molar-refractivity contribution is 14.0. The Hall–Kier alpha value is -2.04. The van der Waals surface area contributed by atoms with Crippen LogP contribution in [-0.2, 0) is 20.0 Å². The summed E-state index contributed by atoms with van der Waals surface area (Å²) >= 11 is 0. The third-order valence-corrected chi connectivity index (χ3v) is 3.60. The van der Waals surface area contributed by atoms with Crippen molar-refractivity contribution in [2.75, 3.05) is 27.8 Å². The molecule has 0 aliphatic heterocycles. The van der Waals surface area contributed by atoms with Gasteiger partial charge in [0.1, 0.15) is 6.33 Å². The molecule has 0 amide bonds. The van der Waals surface area contributed by atoms with Gasteiger partial charge in [0.2, 0.25) is 0 Å². The molecule has 2 N–H and O–H groups in total. The molecule has 0 fully saturated rings. The average molecular weight is 460 g/mol. The van der Waals surface area contributed by atoms with Crippen molar-refractivity contribution in [2.45, 2.75) is 13.0 Å². The van der Waals surface area contributed by atoms with Crippen molar-refractivity contribution in [3.8, 4) is 11.5 Å². The Morgan fingerprint density at radius 3 is 2.56 bits per heavy atom. The maximum atomic E-state index is 5.32. The summed E-state index contributed by atoms with van der Waals surface area (Å²) in [5.41, 5.74) is 1.16. The number of halogens is 1. The quantitative estimate of drug-likeness (QED) is 0.369. The van der Waals surface area contributed by atoms with E-state index < -0.39 is 0 Å². The molecule has 1 aromatic carbocycles. The molecule has 0 aliphatic rings. The zero-order valence-corrected chi connectivity index (χ0v) is 17.3. The molecule has 0 aliphatic carbocycles. The van der Waals surface area contributed by atoms with Gasteiger partial charge in [-0.1, -0.05) is 6.07 Å². The predicted octanol–water partition coefficient (Wildman–Crippen LogP) is 1.36. The van der Waals surface area contributed by atoms with E-state index in [9.17, 15) is 0 Å². The van der Waals surface area contributed by atoms with Crippen LogP contribution in [0.2, 0.25) is 0 Å². The topological polar surface area (TPSA) is 85.6 Å². The van der Waals surface area contributed by atoms with E-state index in [1.807, 2.05) is 29.8 Å². The van der Waals surface area contributed by atoms with Crippen LogP contribution in [0.1, 0.15) is 11.4 Å². The second-order valence-electron chi connectivity index (χ2n) is 5.15. The number of ether oxygens (including phenoxy) is 2. The number of guanidine groups is 1. The lowest BCUT2D eigenvalue weighted by Crippen LogP contribution is -2.38. The summed E-state index contributed by atoms with van der Waals surface area (Å²) in [6.07, 6.45) is 2.51. The summed E-state index contributed by atoms with van der Waals surface area (Å²) in [5, 5.41) is 14.4. The summed E-state index contributed by atoms with van der Waals surface area (Å²) in [6, 6.07) is 5.92. The van der Waals surface area contributed by atoms with E-state index >= 15 is 0 Å². The normalized spacial score (nSPS) is 10.8. The van der Waals surface area contributed by atoms with Crippen molar-refractivity contribution in [1.29, 1.82) is 0 Å². The van der Waals surface area contributed by atoms with E-state index in [0.717, 1.165) is 41.8 Å². The van der Waals surface area contributed by atoms with Crippen LogP contribution in [0.3, 0.4) is 0 Å². The smallest absolute Gasteiger partial charge is 0.191 e. The molecule has 25 heavy (non-hydrogen) atoms. The first-order chi connectivity index (χ1) is 11.7. The molecule has 0 spiro atoms. The van der Waals surface area contributed by atoms with Gasteiger partial charge in [-0.05, 0) is 24.1 Å². The van der Waals surface area contributed by atoms with Gasteiger partial charge in [-0.15, -0.1) is 34.2 Å². The molecule has 2 rings (SSSR count). The minimum absolute atomic E-state index is 0. The Kier molecular flexibility index (Phi) is 9.03. The molecular formula is C16H25IN6O2. The first-order valence-corrected chi connectivity index (χ1v) is 7.66. The van der Waals surface area contributed by atoms with Crippen molar-refractivity contribution < 1.29 is 9.47 Å². The van der Waals surface area contributed by atoms with Crippen LogP contribution in [-0.4, -0.2) is 48.5 Å². The van der Waals surface area contributed by atoms with Crippen LogP contribution in [0.4, 0.5) is 0 Å². The van der Waals surface area contributed by atoms with E-state index in [1.165, 1.54) is 0 Å². The monoisotopic (exact) mass is 460 g/mol. The second-order valence-corrected chi connectivity index (χ2v) is 5.15. The number of nitrogens with zero attached hydrogens (tertiary/aromatic N) is 4. The third kappa shape index (κ3) is 6.07. The molecule has 1 aromatic heterocycles. The van der Waals surface area contributed by atoms with Crippen LogP contribution in [0, 0.1) is 0 Å². The number of benzene rings is 1. The molecule has 0 saturated heterocycles. The van der Waals surface area contributed by atoms with Crippen LogP contribution in [0.15, 0.2) is 29.5 Å². The van der Waals surface area contributed by atoms with E-state index in [4.69, 9.17) is 9.47 Å². The Bertz CT molecular complexity index is 689. The number of aliphatic imine (C=N–C) groups is 1. The number of hydrogen-bond acceptors (Lipinski definition) is 5. The highest BCUT2D eigenvalue weighted by Gasteiger charge is 2.06. The molecule has 9 heteroatoms. The standard InChI is InChI=1S/C16H24N6O2.HI/c1-17-16(19-10-15-21-20-11-22(15)2)18-8-7-12-5-6-13(23-3)14(9-12)24-4;/h5-6,9,11H,7-8,10H2,1-4H3,(H2,17,18,19);1H. The summed E-state index contributed by atoms with van der Waals surface area (Å²) < 4.78 is 12.4. The van der Waals surface area contributed by atoms with Gasteiger partial charge in [-0.25, -0.2) is 0 Å². The predicted molar refractivity (Wildman–Crippen MR) is 108 cm³/mol. The zero-order valence-electron chi connectivity index (χ0n) is 14.9. The first kappa shape index (κ1) is 21.0. The molecule has 8 nitrogen and oxygen atoms in total. The average Bonchev–Trinajstić information content (AvgIpc) is 3.02. The Balaban J connectivity index is 0.00000312. The molecular weight excluding hydrogens is 435 g/mol. The number of nitrogens with one attached hydrogen (secondary N) is 2. The van der Waals surface area contributed by atoms with E-state index in [-0.39, 0.29) is 24.0 Å². The van der Waals surface area contributed by atoms with E-state index in [1.54, 1.807) is 27.6 Å². The first-order valence-electron chi connectivity index (χ1n) is 7.66. The number of aromatic nitrogens is 3. The van der Waals surface area contributed by atoms with Crippen LogP contribution >= 0.6 is 24.0 Å². The Morgan fingerprint density at radius 2 is 1.96 bits per heavy atom. The number of rotatable bonds is 7. The van der Waals surface area contributed by atoms with Gasteiger partial charge in [-0.3, -0.25) is 4.99 Å². The fourth-order valence-electron chi connectivity index (χ4n) is 2.21. The minimum atomic E-state index is 0. The fraction of sp³-hybridized carbons (Fsp3) is 0.438. The fourth-order valence-corrected chi connectivity index (χ4v) is 2.21. The van der Waals surface area contributed by atoms with E-state index in [2.05, 4.69) is 25.8 Å². The van der Waals surface area contributed by atoms with Crippen molar-refractivity contribution in [3.63, 3.8) is 0 Å². The molecule has 1 heterocycles. The SMILES string of the molecule is CN=C(NCCc1ccc(OC)c(OC)c1)NCc1nncn1C.I. The summed E-state index contributed by atoms with van der Waals surface area (Å²) in [4.78, 5) is 4.20. The van der Waals surface area contributed by atoms with Crippen molar-refractivity contribution >= 4 is 29.9 Å². The lowest BCUT2D eigenvalue weighted by Gasteiger charge is -2.12. The Morgan fingerprint density at radius 1 is 1.20 bits per heavy atom. The van der Waals surface area contributed by atoms with Crippen LogP contribution in [0.5, 0.6) is 11.5 Å². The lowest BCUT2D eigenvalue weighted by molar-refractivity contribution is 0.354. The second kappa shape index (κ2) is 10.7. The van der Waals surface area contributed by atoms with Crippen LogP contribution < -0.4 is 20.1 Å². The maximum Gasteiger partial charge on any atom is 0.191 e. The largest absolute Gasteiger partial charge is 0.493 e. The lowest BCUT2D eigenvalue weighted by atomic mass is 10.1. The molecule has 0 bridgehead atoms. The molecule has 2 aromatic rings. The van der Waals surface area contributed by atoms with Gasteiger partial charge in [0.05, 0.1) is 20.8 Å². The van der Waals surface area contributed by atoms with Gasteiger partial charge in [0, 0.05) is 20.6 Å². The van der Waals surface area contributed by atoms with Gasteiger partial charge < -0.3 is 24.7 Å². The Labute approximate surface area is 165 Å². The molecule has 0 saturated carbocycles. The van der Waals surface area contributed by atoms with Gasteiger partial charge >= 0.3 is 0 Å².